The zero-order valence-corrected chi connectivity index (χ0v) is 13.0. The highest BCUT2D eigenvalue weighted by Crippen LogP contribution is 2.32. The van der Waals surface area contributed by atoms with Gasteiger partial charge in [0.05, 0.1) is 21.3 Å². The second kappa shape index (κ2) is 5.70. The van der Waals surface area contributed by atoms with Gasteiger partial charge >= 0.3 is 0 Å². The molecule has 1 saturated carbocycles. The van der Waals surface area contributed by atoms with Crippen molar-refractivity contribution in [2.24, 2.45) is 0 Å². The summed E-state index contributed by atoms with van der Waals surface area (Å²) in [5, 5.41) is 15.1. The number of nitrogens with zero attached hydrogens (tertiary/aromatic N) is 1. The third-order valence-electron chi connectivity index (χ3n) is 4.11. The van der Waals surface area contributed by atoms with E-state index in [1.54, 1.807) is 0 Å². The molecule has 4 heteroatoms. The number of aliphatic hydroxyl groups is 1. The summed E-state index contributed by atoms with van der Waals surface area (Å²) in [6, 6.07) is 8.06. The van der Waals surface area contributed by atoms with Crippen LogP contribution in [0.2, 0.25) is 0 Å². The van der Waals surface area contributed by atoms with E-state index >= 15 is 0 Å². The van der Waals surface area contributed by atoms with Gasteiger partial charge in [0.2, 0.25) is 0 Å². The van der Waals surface area contributed by atoms with E-state index in [-0.39, 0.29) is 0 Å². The van der Waals surface area contributed by atoms with Crippen LogP contribution in [0, 0.1) is 0 Å². The molecular weight excluding hydrogens is 316 g/mol. The number of anilines is 1. The molecule has 1 aromatic carbocycles. The van der Waals surface area contributed by atoms with Crippen LogP contribution in [0.4, 0.5) is 5.69 Å². The van der Waals surface area contributed by atoms with E-state index in [0.29, 0.717) is 6.54 Å². The summed E-state index contributed by atoms with van der Waals surface area (Å²) >= 11 is 3.55. The number of nitrogens with one attached hydrogen (secondary N) is 1. The Morgan fingerprint density at radius 3 is 2.75 bits per heavy atom. The molecule has 1 aliphatic carbocycles. The Kier molecular flexibility index (Phi) is 3.94. The first kappa shape index (κ1) is 13.8. The van der Waals surface area contributed by atoms with E-state index < -0.39 is 5.60 Å². The van der Waals surface area contributed by atoms with Crippen molar-refractivity contribution < 1.29 is 5.11 Å². The minimum atomic E-state index is -0.567. The van der Waals surface area contributed by atoms with Gasteiger partial charge in [-0.1, -0.05) is 37.5 Å². The van der Waals surface area contributed by atoms with Crippen LogP contribution in [-0.4, -0.2) is 22.2 Å². The summed E-state index contributed by atoms with van der Waals surface area (Å²) in [5.41, 5.74) is 1.42. The first-order valence-electron chi connectivity index (χ1n) is 7.17. The maximum absolute atomic E-state index is 10.6. The smallest absolute Gasteiger partial charge is 0.0819 e. The van der Waals surface area contributed by atoms with Gasteiger partial charge in [-0.05, 0) is 34.8 Å². The Morgan fingerprint density at radius 2 is 1.95 bits per heavy atom. The molecule has 3 rings (SSSR count). The maximum atomic E-state index is 10.6. The summed E-state index contributed by atoms with van der Waals surface area (Å²) in [4.78, 5) is 4.40. The molecule has 0 amide bonds. The van der Waals surface area contributed by atoms with Crippen molar-refractivity contribution in [3.05, 3.63) is 34.9 Å². The minimum absolute atomic E-state index is 0.567. The molecule has 0 aliphatic heterocycles. The molecule has 1 heterocycles. The molecule has 0 radical (unpaired) electrons. The number of aromatic nitrogens is 1. The molecule has 1 fully saturated rings. The number of para-hydroxylation sites is 1. The fraction of sp³-hybridized carbons (Fsp3) is 0.438. The predicted octanol–water partition coefficient (Wildman–Crippen LogP) is 4.10. The van der Waals surface area contributed by atoms with Crippen LogP contribution in [-0.2, 0) is 0 Å². The van der Waals surface area contributed by atoms with Gasteiger partial charge in [-0.25, -0.2) is 0 Å². The summed E-state index contributed by atoms with van der Waals surface area (Å²) in [5.74, 6) is 0. The van der Waals surface area contributed by atoms with Crippen molar-refractivity contribution in [2.75, 3.05) is 11.9 Å². The molecule has 1 aliphatic rings. The molecule has 20 heavy (non-hydrogen) atoms. The van der Waals surface area contributed by atoms with Crippen molar-refractivity contribution in [1.82, 2.24) is 4.98 Å². The molecule has 106 valence electrons. The van der Waals surface area contributed by atoms with E-state index in [1.165, 1.54) is 6.42 Å². The standard InChI is InChI=1S/C16H19BrN2O/c17-13-10-18-14-7-3-2-6-12(14)15(13)19-11-16(20)8-4-1-5-9-16/h2-3,6-7,10,20H,1,4-5,8-9,11H2,(H,18,19). The fourth-order valence-corrected chi connectivity index (χ4v) is 3.39. The highest BCUT2D eigenvalue weighted by Gasteiger charge is 2.29. The van der Waals surface area contributed by atoms with Gasteiger partial charge in [-0.3, -0.25) is 4.98 Å². The highest BCUT2D eigenvalue weighted by molar-refractivity contribution is 9.10. The quantitative estimate of drug-likeness (QED) is 0.887. The molecule has 2 aromatic rings. The Morgan fingerprint density at radius 1 is 1.20 bits per heavy atom. The molecule has 0 saturated heterocycles. The summed E-state index contributed by atoms with van der Waals surface area (Å²) in [7, 11) is 0. The number of hydrogen-bond acceptors (Lipinski definition) is 3. The number of rotatable bonds is 3. The highest BCUT2D eigenvalue weighted by atomic mass is 79.9. The molecular formula is C16H19BrN2O. The molecule has 0 atom stereocenters. The number of pyridine rings is 1. The van der Waals surface area contributed by atoms with E-state index in [4.69, 9.17) is 0 Å². The van der Waals surface area contributed by atoms with Crippen molar-refractivity contribution in [3.63, 3.8) is 0 Å². The van der Waals surface area contributed by atoms with Crippen molar-refractivity contribution in [3.8, 4) is 0 Å². The normalized spacial score (nSPS) is 18.1. The van der Waals surface area contributed by atoms with E-state index in [1.807, 2.05) is 24.4 Å². The van der Waals surface area contributed by atoms with Gasteiger partial charge in [0.25, 0.3) is 0 Å². The minimum Gasteiger partial charge on any atom is -0.388 e. The molecule has 0 bridgehead atoms. The number of halogens is 1. The first-order chi connectivity index (χ1) is 9.68. The van der Waals surface area contributed by atoms with Crippen LogP contribution < -0.4 is 5.32 Å². The SMILES string of the molecule is OC1(CNc2c(Br)cnc3ccccc23)CCCCC1. The third kappa shape index (κ3) is 2.81. The van der Waals surface area contributed by atoms with Crippen molar-refractivity contribution in [2.45, 2.75) is 37.7 Å². The number of fused-ring (bicyclic) bond motifs is 1. The Labute approximate surface area is 127 Å². The van der Waals surface area contributed by atoms with Crippen molar-refractivity contribution in [1.29, 1.82) is 0 Å². The van der Waals surface area contributed by atoms with Crippen LogP contribution in [0.3, 0.4) is 0 Å². The monoisotopic (exact) mass is 334 g/mol. The van der Waals surface area contributed by atoms with Crippen LogP contribution in [0.1, 0.15) is 32.1 Å². The molecule has 0 unspecified atom stereocenters. The zero-order chi connectivity index (χ0) is 14.0. The van der Waals surface area contributed by atoms with Gasteiger partial charge in [-0.15, -0.1) is 0 Å². The lowest BCUT2D eigenvalue weighted by Gasteiger charge is -2.32. The zero-order valence-electron chi connectivity index (χ0n) is 11.4. The van der Waals surface area contributed by atoms with Crippen LogP contribution in [0.15, 0.2) is 34.9 Å². The number of benzene rings is 1. The average Bonchev–Trinajstić information content (AvgIpc) is 2.47. The van der Waals surface area contributed by atoms with Gasteiger partial charge in [0.15, 0.2) is 0 Å². The lowest BCUT2D eigenvalue weighted by molar-refractivity contribution is 0.0167. The van der Waals surface area contributed by atoms with Crippen LogP contribution >= 0.6 is 15.9 Å². The van der Waals surface area contributed by atoms with Gasteiger partial charge < -0.3 is 10.4 Å². The van der Waals surface area contributed by atoms with E-state index in [9.17, 15) is 5.11 Å². The molecule has 3 nitrogen and oxygen atoms in total. The van der Waals surface area contributed by atoms with Gasteiger partial charge in [0, 0.05) is 18.1 Å². The fourth-order valence-electron chi connectivity index (χ4n) is 2.94. The third-order valence-corrected chi connectivity index (χ3v) is 4.71. The first-order valence-corrected chi connectivity index (χ1v) is 7.97. The predicted molar refractivity (Wildman–Crippen MR) is 86.0 cm³/mol. The Hall–Kier alpha value is -1.13. The number of hydrogen-bond donors (Lipinski definition) is 2. The second-order valence-electron chi connectivity index (χ2n) is 5.64. The summed E-state index contributed by atoms with van der Waals surface area (Å²) < 4.78 is 0.940. The van der Waals surface area contributed by atoms with E-state index in [2.05, 4.69) is 32.3 Å². The lowest BCUT2D eigenvalue weighted by Crippen LogP contribution is -2.38. The van der Waals surface area contributed by atoms with Gasteiger partial charge in [0.1, 0.15) is 0 Å². The average molecular weight is 335 g/mol. The Bertz CT molecular complexity index is 608. The van der Waals surface area contributed by atoms with Gasteiger partial charge in [-0.2, -0.15) is 0 Å². The second-order valence-corrected chi connectivity index (χ2v) is 6.49. The lowest BCUT2D eigenvalue weighted by atomic mass is 9.85. The van der Waals surface area contributed by atoms with Crippen LogP contribution in [0.5, 0.6) is 0 Å². The topological polar surface area (TPSA) is 45.1 Å². The molecule has 2 N–H and O–H groups in total. The van der Waals surface area contributed by atoms with Crippen molar-refractivity contribution >= 4 is 32.5 Å². The summed E-state index contributed by atoms with van der Waals surface area (Å²) in [6.07, 6.45) is 7.08. The maximum Gasteiger partial charge on any atom is 0.0819 e. The summed E-state index contributed by atoms with van der Waals surface area (Å²) in [6.45, 7) is 0.597. The molecule has 1 aromatic heterocycles. The van der Waals surface area contributed by atoms with Crippen LogP contribution in [0.25, 0.3) is 10.9 Å². The molecule has 0 spiro atoms. The largest absolute Gasteiger partial charge is 0.388 e. The van der Waals surface area contributed by atoms with E-state index in [0.717, 1.165) is 46.7 Å². The Balaban J connectivity index is 1.85.